The SMILES string of the molecule is CCc1ccccc1OCCS. The molecule has 0 spiro atoms. The van der Waals surface area contributed by atoms with E-state index in [1.165, 1.54) is 5.56 Å². The third-order valence-electron chi connectivity index (χ3n) is 1.70. The van der Waals surface area contributed by atoms with Crippen LogP contribution in [0.15, 0.2) is 24.3 Å². The highest BCUT2D eigenvalue weighted by Crippen LogP contribution is 2.17. The Morgan fingerprint density at radius 1 is 1.33 bits per heavy atom. The lowest BCUT2D eigenvalue weighted by atomic mass is 10.1. The molecule has 0 amide bonds. The van der Waals surface area contributed by atoms with Crippen LogP contribution in [0.4, 0.5) is 0 Å². The van der Waals surface area contributed by atoms with Crippen LogP contribution >= 0.6 is 12.6 Å². The Hall–Kier alpha value is -0.630. The van der Waals surface area contributed by atoms with Gasteiger partial charge in [0.15, 0.2) is 0 Å². The standard InChI is InChI=1S/C10H14OS/c1-2-9-5-3-4-6-10(9)11-7-8-12/h3-6,12H,2,7-8H2,1H3. The third-order valence-corrected chi connectivity index (χ3v) is 1.88. The van der Waals surface area contributed by atoms with E-state index in [1.54, 1.807) is 0 Å². The zero-order valence-corrected chi connectivity index (χ0v) is 8.18. The third kappa shape index (κ3) is 2.45. The molecule has 0 heterocycles. The second kappa shape index (κ2) is 5.09. The number of thiol groups is 1. The van der Waals surface area contributed by atoms with E-state index in [2.05, 4.69) is 25.6 Å². The Bertz CT molecular complexity index is 235. The predicted molar refractivity (Wildman–Crippen MR) is 55.2 cm³/mol. The molecule has 1 aromatic carbocycles. The van der Waals surface area contributed by atoms with Crippen molar-refractivity contribution in [1.29, 1.82) is 0 Å². The lowest BCUT2D eigenvalue weighted by Gasteiger charge is -2.08. The number of aryl methyl sites for hydroxylation is 1. The molecule has 1 rings (SSSR count). The van der Waals surface area contributed by atoms with Crippen LogP contribution in [0.5, 0.6) is 5.75 Å². The normalized spacial score (nSPS) is 9.83. The lowest BCUT2D eigenvalue weighted by Crippen LogP contribution is -2.00. The van der Waals surface area contributed by atoms with E-state index < -0.39 is 0 Å². The van der Waals surface area contributed by atoms with Gasteiger partial charge in [0.05, 0.1) is 6.61 Å². The second-order valence-corrected chi connectivity index (χ2v) is 2.98. The molecular formula is C10H14OS. The van der Waals surface area contributed by atoms with Crippen molar-refractivity contribution in [3.8, 4) is 5.75 Å². The summed E-state index contributed by atoms with van der Waals surface area (Å²) in [7, 11) is 0. The fourth-order valence-corrected chi connectivity index (χ4v) is 1.18. The van der Waals surface area contributed by atoms with Gasteiger partial charge in [-0.15, -0.1) is 0 Å². The summed E-state index contributed by atoms with van der Waals surface area (Å²) in [5, 5.41) is 0. The van der Waals surface area contributed by atoms with Gasteiger partial charge in [0.25, 0.3) is 0 Å². The Labute approximate surface area is 79.2 Å². The van der Waals surface area contributed by atoms with Crippen LogP contribution in [0.3, 0.4) is 0 Å². The molecule has 0 aliphatic heterocycles. The zero-order valence-electron chi connectivity index (χ0n) is 7.29. The lowest BCUT2D eigenvalue weighted by molar-refractivity contribution is 0.341. The van der Waals surface area contributed by atoms with E-state index in [9.17, 15) is 0 Å². The first-order valence-corrected chi connectivity index (χ1v) is 4.83. The number of para-hydroxylation sites is 1. The van der Waals surface area contributed by atoms with Crippen molar-refractivity contribution >= 4 is 12.6 Å². The van der Waals surface area contributed by atoms with Crippen molar-refractivity contribution in [3.63, 3.8) is 0 Å². The molecule has 1 aromatic rings. The molecule has 0 aliphatic rings. The summed E-state index contributed by atoms with van der Waals surface area (Å²) in [4.78, 5) is 0. The fourth-order valence-electron chi connectivity index (χ4n) is 1.09. The minimum absolute atomic E-state index is 0.681. The smallest absolute Gasteiger partial charge is 0.122 e. The maximum absolute atomic E-state index is 5.50. The first-order valence-electron chi connectivity index (χ1n) is 4.20. The number of ether oxygens (including phenoxy) is 1. The molecule has 0 saturated heterocycles. The van der Waals surface area contributed by atoms with Crippen molar-refractivity contribution in [2.75, 3.05) is 12.4 Å². The Morgan fingerprint density at radius 3 is 2.75 bits per heavy atom. The van der Waals surface area contributed by atoms with Gasteiger partial charge in [-0.2, -0.15) is 12.6 Å². The average Bonchev–Trinajstić information content (AvgIpc) is 2.15. The van der Waals surface area contributed by atoms with Crippen LogP contribution in [-0.4, -0.2) is 12.4 Å². The minimum Gasteiger partial charge on any atom is -0.492 e. The first-order chi connectivity index (χ1) is 5.88. The van der Waals surface area contributed by atoms with Gasteiger partial charge in [-0.25, -0.2) is 0 Å². The highest BCUT2D eigenvalue weighted by atomic mass is 32.1. The largest absolute Gasteiger partial charge is 0.492 e. The summed E-state index contributed by atoms with van der Waals surface area (Å²) >= 11 is 4.09. The molecule has 0 atom stereocenters. The van der Waals surface area contributed by atoms with Crippen molar-refractivity contribution in [3.05, 3.63) is 29.8 Å². The molecular weight excluding hydrogens is 168 g/mol. The van der Waals surface area contributed by atoms with Gasteiger partial charge < -0.3 is 4.74 Å². The summed E-state index contributed by atoms with van der Waals surface area (Å²) in [6.07, 6.45) is 1.02. The number of hydrogen-bond donors (Lipinski definition) is 1. The first kappa shape index (κ1) is 9.46. The quantitative estimate of drug-likeness (QED) is 0.704. The maximum atomic E-state index is 5.50. The van der Waals surface area contributed by atoms with Crippen LogP contribution in [-0.2, 0) is 6.42 Å². The van der Waals surface area contributed by atoms with E-state index >= 15 is 0 Å². The van der Waals surface area contributed by atoms with Crippen LogP contribution < -0.4 is 4.74 Å². The van der Waals surface area contributed by atoms with Gasteiger partial charge >= 0.3 is 0 Å². The molecule has 0 aliphatic carbocycles. The Balaban J connectivity index is 2.68. The molecule has 1 nitrogen and oxygen atoms in total. The number of benzene rings is 1. The minimum atomic E-state index is 0.681. The van der Waals surface area contributed by atoms with Gasteiger partial charge in [0.2, 0.25) is 0 Å². The fraction of sp³-hybridized carbons (Fsp3) is 0.400. The van der Waals surface area contributed by atoms with Gasteiger partial charge in [0.1, 0.15) is 5.75 Å². The van der Waals surface area contributed by atoms with Crippen molar-refractivity contribution < 1.29 is 4.74 Å². The van der Waals surface area contributed by atoms with Gasteiger partial charge in [-0.3, -0.25) is 0 Å². The molecule has 66 valence electrons. The van der Waals surface area contributed by atoms with E-state index in [0.717, 1.165) is 17.9 Å². The number of hydrogen-bond acceptors (Lipinski definition) is 2. The predicted octanol–water partition coefficient (Wildman–Crippen LogP) is 2.56. The molecule has 0 N–H and O–H groups in total. The summed E-state index contributed by atoms with van der Waals surface area (Å²) in [6, 6.07) is 8.12. The Kier molecular flexibility index (Phi) is 4.01. The van der Waals surface area contributed by atoms with Crippen molar-refractivity contribution in [1.82, 2.24) is 0 Å². The van der Waals surface area contributed by atoms with Crippen LogP contribution in [0.2, 0.25) is 0 Å². The molecule has 0 bridgehead atoms. The van der Waals surface area contributed by atoms with E-state index in [1.807, 2.05) is 18.2 Å². The second-order valence-electron chi connectivity index (χ2n) is 2.53. The molecule has 0 unspecified atom stereocenters. The maximum Gasteiger partial charge on any atom is 0.122 e. The average molecular weight is 182 g/mol. The van der Waals surface area contributed by atoms with Gasteiger partial charge in [-0.05, 0) is 18.1 Å². The zero-order chi connectivity index (χ0) is 8.81. The monoisotopic (exact) mass is 182 g/mol. The van der Waals surface area contributed by atoms with Crippen molar-refractivity contribution in [2.24, 2.45) is 0 Å². The summed E-state index contributed by atoms with van der Waals surface area (Å²) < 4.78 is 5.50. The highest BCUT2D eigenvalue weighted by Gasteiger charge is 1.98. The molecule has 2 heteroatoms. The summed E-state index contributed by atoms with van der Waals surface area (Å²) in [5.74, 6) is 1.76. The molecule has 0 radical (unpaired) electrons. The Morgan fingerprint density at radius 2 is 2.08 bits per heavy atom. The van der Waals surface area contributed by atoms with Crippen LogP contribution in [0.25, 0.3) is 0 Å². The molecule has 12 heavy (non-hydrogen) atoms. The van der Waals surface area contributed by atoms with Crippen LogP contribution in [0.1, 0.15) is 12.5 Å². The van der Waals surface area contributed by atoms with E-state index in [4.69, 9.17) is 4.74 Å². The molecule has 0 saturated carbocycles. The molecule has 0 aromatic heterocycles. The topological polar surface area (TPSA) is 9.23 Å². The summed E-state index contributed by atoms with van der Waals surface area (Å²) in [6.45, 7) is 2.81. The van der Waals surface area contributed by atoms with Gasteiger partial charge in [0, 0.05) is 5.75 Å². The summed E-state index contributed by atoms with van der Waals surface area (Å²) in [5.41, 5.74) is 1.26. The highest BCUT2D eigenvalue weighted by molar-refractivity contribution is 7.80. The van der Waals surface area contributed by atoms with E-state index in [0.29, 0.717) is 6.61 Å². The molecule has 0 fully saturated rings. The van der Waals surface area contributed by atoms with Gasteiger partial charge in [-0.1, -0.05) is 25.1 Å². The number of rotatable bonds is 4. The van der Waals surface area contributed by atoms with Crippen LogP contribution in [0, 0.1) is 0 Å². The van der Waals surface area contributed by atoms with Crippen molar-refractivity contribution in [2.45, 2.75) is 13.3 Å². The van der Waals surface area contributed by atoms with E-state index in [-0.39, 0.29) is 0 Å².